The summed E-state index contributed by atoms with van der Waals surface area (Å²) < 4.78 is 16.9. The average Bonchev–Trinajstić information content (AvgIpc) is 2.92. The van der Waals surface area contributed by atoms with Gasteiger partial charge in [-0.3, -0.25) is 4.79 Å². The number of ether oxygens (including phenoxy) is 3. The summed E-state index contributed by atoms with van der Waals surface area (Å²) in [6.45, 7) is 4.78. The van der Waals surface area contributed by atoms with E-state index in [1.54, 1.807) is 0 Å². The lowest BCUT2D eigenvalue weighted by Gasteiger charge is -2.58. The average molecular weight is 492 g/mol. The number of hydrogen-bond acceptors (Lipinski definition) is 5. The molecular formula is C30H37NO5. The van der Waals surface area contributed by atoms with Crippen molar-refractivity contribution in [1.82, 2.24) is 4.90 Å². The number of hydrogen-bond donors (Lipinski definition) is 0. The van der Waals surface area contributed by atoms with Crippen LogP contribution in [0.3, 0.4) is 0 Å². The van der Waals surface area contributed by atoms with Crippen LogP contribution in [0, 0.1) is 11.8 Å². The van der Waals surface area contributed by atoms with E-state index >= 15 is 0 Å². The highest BCUT2D eigenvalue weighted by molar-refractivity contribution is 5.71. The first-order valence-electron chi connectivity index (χ1n) is 13.4. The third-order valence-electron chi connectivity index (χ3n) is 8.69. The van der Waals surface area contributed by atoms with Crippen LogP contribution in [-0.2, 0) is 32.7 Å². The lowest BCUT2D eigenvalue weighted by atomic mass is 9.52. The van der Waals surface area contributed by atoms with Gasteiger partial charge in [0, 0.05) is 18.0 Å². The molecule has 2 aromatic rings. The molecule has 1 saturated carbocycles. The van der Waals surface area contributed by atoms with Crippen LogP contribution >= 0.6 is 0 Å². The monoisotopic (exact) mass is 491 g/mol. The van der Waals surface area contributed by atoms with Gasteiger partial charge in [0.05, 0.1) is 5.92 Å². The van der Waals surface area contributed by atoms with Crippen molar-refractivity contribution in [2.24, 2.45) is 11.8 Å². The van der Waals surface area contributed by atoms with E-state index in [-0.39, 0.29) is 36.2 Å². The van der Waals surface area contributed by atoms with Crippen LogP contribution in [0.2, 0.25) is 0 Å². The van der Waals surface area contributed by atoms with E-state index in [4.69, 9.17) is 14.2 Å². The summed E-state index contributed by atoms with van der Waals surface area (Å²) in [4.78, 5) is 27.2. The van der Waals surface area contributed by atoms with Crippen LogP contribution in [0.25, 0.3) is 0 Å². The number of likely N-dealkylation sites (tertiary alicyclic amines) is 1. The fraction of sp³-hybridized carbons (Fsp3) is 0.533. The molecule has 4 atom stereocenters. The number of carbonyl (C=O) groups is 2. The van der Waals surface area contributed by atoms with Crippen molar-refractivity contribution in [1.29, 1.82) is 0 Å². The topological polar surface area (TPSA) is 65.1 Å². The number of fused-ring (bicyclic) bond motifs is 1. The van der Waals surface area contributed by atoms with Crippen LogP contribution in [0.4, 0.5) is 4.79 Å². The molecule has 2 bridgehead atoms. The molecule has 1 heterocycles. The van der Waals surface area contributed by atoms with E-state index in [2.05, 4.69) is 12.1 Å². The fourth-order valence-corrected chi connectivity index (χ4v) is 6.57. The van der Waals surface area contributed by atoms with E-state index in [0.717, 1.165) is 43.4 Å². The van der Waals surface area contributed by atoms with Gasteiger partial charge in [0.15, 0.2) is 0 Å². The maximum atomic E-state index is 13.2. The minimum absolute atomic E-state index is 0.0674. The Kier molecular flexibility index (Phi) is 7.22. The van der Waals surface area contributed by atoms with Gasteiger partial charge in [0.1, 0.15) is 12.4 Å². The Morgan fingerprint density at radius 1 is 1.08 bits per heavy atom. The van der Waals surface area contributed by atoms with Crippen molar-refractivity contribution in [2.45, 2.75) is 76.9 Å². The molecule has 0 spiro atoms. The number of carbonyl (C=O) groups excluding carboxylic acids is 2. The molecule has 1 aliphatic heterocycles. The summed E-state index contributed by atoms with van der Waals surface area (Å²) in [6, 6.07) is 16.3. The second-order valence-corrected chi connectivity index (χ2v) is 10.6. The van der Waals surface area contributed by atoms with Crippen molar-refractivity contribution in [2.75, 3.05) is 13.3 Å². The minimum atomic E-state index is -0.226. The molecule has 6 nitrogen and oxygen atoms in total. The van der Waals surface area contributed by atoms with Gasteiger partial charge in [-0.25, -0.2) is 4.79 Å². The zero-order valence-electron chi connectivity index (χ0n) is 21.4. The molecule has 5 rings (SSSR count). The van der Waals surface area contributed by atoms with Crippen LogP contribution < -0.4 is 4.74 Å². The quantitative estimate of drug-likeness (QED) is 0.351. The van der Waals surface area contributed by atoms with Gasteiger partial charge in [-0.2, -0.15) is 0 Å². The highest BCUT2D eigenvalue weighted by atomic mass is 16.7. The Labute approximate surface area is 213 Å². The standard InChI is InChI=1S/C30H37NO5/c1-3-21(2)28(32)36-20-35-24-13-12-23-17-27-25-11-7-8-14-30(25,26(23)18-24)15-16-31(27)29(33)34-19-22-9-5-4-6-10-22/h4-6,9-10,12-13,18,21,25,27H,3,7-8,11,14-17,19-20H2,1-2H3/t21?,25-,27+,30-/m1/s1. The molecule has 3 aliphatic rings. The second kappa shape index (κ2) is 10.5. The number of nitrogens with zero attached hydrogens (tertiary/aromatic N) is 1. The summed E-state index contributed by atoms with van der Waals surface area (Å²) in [6.07, 6.45) is 7.00. The minimum Gasteiger partial charge on any atom is -0.457 e. The van der Waals surface area contributed by atoms with Crippen molar-refractivity contribution in [3.8, 4) is 5.75 Å². The maximum absolute atomic E-state index is 13.2. The van der Waals surface area contributed by atoms with Crippen LogP contribution in [0.1, 0.15) is 69.1 Å². The zero-order chi connectivity index (χ0) is 25.1. The van der Waals surface area contributed by atoms with Crippen molar-refractivity contribution < 1.29 is 23.8 Å². The van der Waals surface area contributed by atoms with Gasteiger partial charge in [-0.15, -0.1) is 0 Å². The molecule has 0 aromatic heterocycles. The Morgan fingerprint density at radius 3 is 2.72 bits per heavy atom. The summed E-state index contributed by atoms with van der Waals surface area (Å²) in [5, 5.41) is 0. The molecule has 2 aromatic carbocycles. The molecule has 1 unspecified atom stereocenters. The zero-order valence-corrected chi connectivity index (χ0v) is 21.4. The fourth-order valence-electron chi connectivity index (χ4n) is 6.57. The molecule has 6 heteroatoms. The second-order valence-electron chi connectivity index (χ2n) is 10.6. The molecule has 0 radical (unpaired) electrons. The number of rotatable bonds is 7. The number of benzene rings is 2. The largest absolute Gasteiger partial charge is 0.457 e. The third-order valence-corrected chi connectivity index (χ3v) is 8.69. The van der Waals surface area contributed by atoms with Crippen molar-refractivity contribution in [3.63, 3.8) is 0 Å². The highest BCUT2D eigenvalue weighted by Gasteiger charge is 2.55. The number of esters is 1. The maximum Gasteiger partial charge on any atom is 0.410 e. The van der Waals surface area contributed by atoms with Gasteiger partial charge in [-0.05, 0) is 66.8 Å². The predicted molar refractivity (Wildman–Crippen MR) is 137 cm³/mol. The molecule has 192 valence electrons. The van der Waals surface area contributed by atoms with Crippen LogP contribution in [0.5, 0.6) is 5.75 Å². The Morgan fingerprint density at radius 2 is 1.92 bits per heavy atom. The molecule has 1 amide bonds. The first kappa shape index (κ1) is 24.7. The van der Waals surface area contributed by atoms with Gasteiger partial charge in [0.25, 0.3) is 0 Å². The Bertz CT molecular complexity index is 1090. The Hall–Kier alpha value is -3.02. The highest BCUT2D eigenvalue weighted by Crippen LogP contribution is 2.56. The lowest BCUT2D eigenvalue weighted by molar-refractivity contribution is -0.154. The molecule has 2 fully saturated rings. The van der Waals surface area contributed by atoms with Crippen molar-refractivity contribution in [3.05, 3.63) is 65.2 Å². The number of piperidine rings is 1. The van der Waals surface area contributed by atoms with Gasteiger partial charge in [0.2, 0.25) is 6.79 Å². The molecule has 36 heavy (non-hydrogen) atoms. The van der Waals surface area contributed by atoms with E-state index in [0.29, 0.717) is 19.1 Å². The van der Waals surface area contributed by atoms with Crippen LogP contribution in [-0.4, -0.2) is 36.3 Å². The molecular weight excluding hydrogens is 454 g/mol. The Balaban J connectivity index is 1.32. The van der Waals surface area contributed by atoms with E-state index in [9.17, 15) is 9.59 Å². The van der Waals surface area contributed by atoms with Gasteiger partial charge in [-0.1, -0.05) is 63.1 Å². The molecule has 1 saturated heterocycles. The normalized spacial score (nSPS) is 25.2. The third kappa shape index (κ3) is 4.70. The predicted octanol–water partition coefficient (Wildman–Crippen LogP) is 6.01. The summed E-state index contributed by atoms with van der Waals surface area (Å²) in [5.74, 6) is 0.819. The van der Waals surface area contributed by atoms with Crippen LogP contribution in [0.15, 0.2) is 48.5 Å². The summed E-state index contributed by atoms with van der Waals surface area (Å²) >= 11 is 0. The van der Waals surface area contributed by atoms with E-state index < -0.39 is 0 Å². The number of amides is 1. The molecule has 0 N–H and O–H groups in total. The van der Waals surface area contributed by atoms with Gasteiger partial charge >= 0.3 is 12.1 Å². The first-order chi connectivity index (χ1) is 17.5. The smallest absolute Gasteiger partial charge is 0.410 e. The van der Waals surface area contributed by atoms with E-state index in [1.165, 1.54) is 24.0 Å². The summed E-state index contributed by atoms with van der Waals surface area (Å²) in [7, 11) is 0. The van der Waals surface area contributed by atoms with E-state index in [1.807, 2.05) is 55.1 Å². The first-order valence-corrected chi connectivity index (χ1v) is 13.4. The van der Waals surface area contributed by atoms with Crippen molar-refractivity contribution >= 4 is 12.1 Å². The summed E-state index contributed by atoms with van der Waals surface area (Å²) in [5.41, 5.74) is 3.74. The SMILES string of the molecule is CCC(C)C(=O)OCOc1ccc2c(c1)[C@@]13CCCC[C@@H]1[C@H](C2)N(C(=O)OCc1ccccc1)CC3. The molecule has 2 aliphatic carbocycles. The van der Waals surface area contributed by atoms with Gasteiger partial charge < -0.3 is 19.1 Å². The lowest BCUT2D eigenvalue weighted by Crippen LogP contribution is -2.62.